The van der Waals surface area contributed by atoms with Gasteiger partial charge in [-0.05, 0) is 44.4 Å². The first-order chi connectivity index (χ1) is 9.06. The Bertz CT molecular complexity index is 596. The van der Waals surface area contributed by atoms with Crippen LogP contribution < -0.4 is 0 Å². The molecule has 2 aromatic carbocycles. The first kappa shape index (κ1) is 13.5. The van der Waals surface area contributed by atoms with Crippen molar-refractivity contribution in [2.75, 3.05) is 0 Å². The lowest BCUT2D eigenvalue weighted by Crippen LogP contribution is -2.04. The fraction of sp³-hybridized carbons (Fsp3) is 0.278. The molecule has 0 fully saturated rings. The molecule has 0 aliphatic heterocycles. The van der Waals surface area contributed by atoms with Crippen LogP contribution >= 0.6 is 0 Å². The lowest BCUT2D eigenvalue weighted by atomic mass is 9.97. The number of hydrogen-bond donors (Lipinski definition) is 0. The van der Waals surface area contributed by atoms with Crippen molar-refractivity contribution in [1.82, 2.24) is 0 Å². The molecule has 2 rings (SSSR count). The summed E-state index contributed by atoms with van der Waals surface area (Å²) < 4.78 is 0. The lowest BCUT2D eigenvalue weighted by molar-refractivity contribution is 0.0982. The zero-order chi connectivity index (χ0) is 13.8. The smallest absolute Gasteiger partial charge is 0.163 e. The zero-order valence-corrected chi connectivity index (χ0v) is 11.9. The van der Waals surface area contributed by atoms with E-state index in [9.17, 15) is 4.79 Å². The fourth-order valence-electron chi connectivity index (χ4n) is 2.30. The Morgan fingerprint density at radius 2 is 1.68 bits per heavy atom. The third-order valence-corrected chi connectivity index (χ3v) is 3.42. The van der Waals surface area contributed by atoms with Gasteiger partial charge in [0.05, 0.1) is 0 Å². The van der Waals surface area contributed by atoms with Crippen molar-refractivity contribution >= 4 is 5.78 Å². The highest BCUT2D eigenvalue weighted by Gasteiger charge is 2.09. The van der Waals surface area contributed by atoms with Gasteiger partial charge < -0.3 is 0 Å². The highest BCUT2D eigenvalue weighted by atomic mass is 16.1. The van der Waals surface area contributed by atoms with Crippen LogP contribution in [0.2, 0.25) is 0 Å². The van der Waals surface area contributed by atoms with Crippen LogP contribution in [0.4, 0.5) is 0 Å². The number of rotatable bonds is 4. The second kappa shape index (κ2) is 5.83. The Hall–Kier alpha value is -1.89. The zero-order valence-electron chi connectivity index (χ0n) is 11.9. The molecule has 0 N–H and O–H groups in total. The molecule has 0 spiro atoms. The topological polar surface area (TPSA) is 17.1 Å². The number of ketones is 1. The van der Waals surface area contributed by atoms with Crippen molar-refractivity contribution in [3.63, 3.8) is 0 Å². The minimum atomic E-state index is 0.239. The molecule has 0 amide bonds. The first-order valence-corrected chi connectivity index (χ1v) is 6.72. The van der Waals surface area contributed by atoms with Crippen LogP contribution in [0.5, 0.6) is 0 Å². The van der Waals surface area contributed by atoms with Crippen molar-refractivity contribution in [3.05, 3.63) is 70.3 Å². The molecule has 1 heteroatoms. The highest BCUT2D eigenvalue weighted by Crippen LogP contribution is 2.15. The Morgan fingerprint density at radius 1 is 0.947 bits per heavy atom. The second-order valence-electron chi connectivity index (χ2n) is 5.23. The monoisotopic (exact) mass is 252 g/mol. The van der Waals surface area contributed by atoms with Crippen LogP contribution in [-0.2, 0) is 6.42 Å². The van der Waals surface area contributed by atoms with E-state index in [4.69, 9.17) is 0 Å². The van der Waals surface area contributed by atoms with E-state index in [1.165, 1.54) is 11.1 Å². The van der Waals surface area contributed by atoms with E-state index in [1.54, 1.807) is 0 Å². The highest BCUT2D eigenvalue weighted by molar-refractivity contribution is 5.97. The van der Waals surface area contributed by atoms with Gasteiger partial charge >= 0.3 is 0 Å². The Balaban J connectivity index is 2.07. The average Bonchev–Trinajstić information content (AvgIpc) is 2.39. The van der Waals surface area contributed by atoms with Gasteiger partial charge in [0.2, 0.25) is 0 Å². The number of carbonyl (C=O) groups excluding carboxylic acids is 1. The third-order valence-electron chi connectivity index (χ3n) is 3.42. The molecule has 0 aliphatic carbocycles. The molecule has 0 bridgehead atoms. The third kappa shape index (κ3) is 3.54. The van der Waals surface area contributed by atoms with Crippen molar-refractivity contribution < 1.29 is 4.79 Å². The van der Waals surface area contributed by atoms with Crippen molar-refractivity contribution in [2.45, 2.75) is 33.6 Å². The van der Waals surface area contributed by atoms with Gasteiger partial charge in [-0.15, -0.1) is 0 Å². The summed E-state index contributed by atoms with van der Waals surface area (Å²) in [6.07, 6.45) is 1.39. The van der Waals surface area contributed by atoms with Crippen molar-refractivity contribution in [3.8, 4) is 0 Å². The number of Topliss-reactive ketones (excluding diaryl/α,β-unsaturated/α-hetero) is 1. The number of benzene rings is 2. The van der Waals surface area contributed by atoms with E-state index in [1.807, 2.05) is 38.1 Å². The molecule has 98 valence electrons. The Kier molecular flexibility index (Phi) is 4.16. The molecular formula is C18H20O. The molecule has 1 nitrogen and oxygen atoms in total. The van der Waals surface area contributed by atoms with Crippen LogP contribution in [0, 0.1) is 20.8 Å². The number of aryl methyl sites for hydroxylation is 4. The van der Waals surface area contributed by atoms with Gasteiger partial charge in [-0.3, -0.25) is 4.79 Å². The van der Waals surface area contributed by atoms with Gasteiger partial charge in [-0.2, -0.15) is 0 Å². The molecule has 19 heavy (non-hydrogen) atoms. The van der Waals surface area contributed by atoms with E-state index in [0.717, 1.165) is 23.1 Å². The van der Waals surface area contributed by atoms with Crippen LogP contribution in [0.15, 0.2) is 42.5 Å². The molecule has 0 saturated carbocycles. The summed E-state index contributed by atoms with van der Waals surface area (Å²) >= 11 is 0. The van der Waals surface area contributed by atoms with E-state index in [2.05, 4.69) is 25.1 Å². The number of hydrogen-bond acceptors (Lipinski definition) is 1. The predicted molar refractivity (Wildman–Crippen MR) is 79.7 cm³/mol. The first-order valence-electron chi connectivity index (χ1n) is 6.72. The molecule has 0 saturated heterocycles. The maximum absolute atomic E-state index is 12.3. The molecule has 0 heterocycles. The summed E-state index contributed by atoms with van der Waals surface area (Å²) in [5, 5.41) is 0. The van der Waals surface area contributed by atoms with E-state index >= 15 is 0 Å². The predicted octanol–water partition coefficient (Wildman–Crippen LogP) is 4.43. The van der Waals surface area contributed by atoms with Crippen molar-refractivity contribution in [1.29, 1.82) is 0 Å². The van der Waals surface area contributed by atoms with Gasteiger partial charge in [0.25, 0.3) is 0 Å². The summed E-state index contributed by atoms with van der Waals surface area (Å²) in [6.45, 7) is 6.10. The maximum atomic E-state index is 12.3. The van der Waals surface area contributed by atoms with Crippen LogP contribution in [0.3, 0.4) is 0 Å². The van der Waals surface area contributed by atoms with Crippen LogP contribution in [0.1, 0.15) is 39.0 Å². The molecule has 0 aliphatic rings. The fourth-order valence-corrected chi connectivity index (χ4v) is 2.30. The summed E-state index contributed by atoms with van der Waals surface area (Å²) in [5.41, 5.74) is 5.56. The Labute approximate surface area is 115 Å². The summed E-state index contributed by atoms with van der Waals surface area (Å²) in [5.74, 6) is 0.239. The SMILES string of the molecule is Cc1cccc(CCC(=O)c2cc(C)ccc2C)c1. The quantitative estimate of drug-likeness (QED) is 0.736. The molecule has 0 unspecified atom stereocenters. The van der Waals surface area contributed by atoms with Crippen molar-refractivity contribution in [2.24, 2.45) is 0 Å². The number of carbonyl (C=O) groups is 1. The largest absolute Gasteiger partial charge is 0.294 e. The molecule has 0 atom stereocenters. The standard InChI is InChI=1S/C18H20O/c1-13-5-4-6-16(11-13)9-10-18(19)17-12-14(2)7-8-15(17)3/h4-8,11-12H,9-10H2,1-3H3. The molecule has 2 aromatic rings. The average molecular weight is 252 g/mol. The minimum Gasteiger partial charge on any atom is -0.294 e. The van der Waals surface area contributed by atoms with E-state index in [0.29, 0.717) is 6.42 Å². The summed E-state index contributed by atoms with van der Waals surface area (Å²) in [4.78, 5) is 12.3. The van der Waals surface area contributed by atoms with Crippen LogP contribution in [-0.4, -0.2) is 5.78 Å². The van der Waals surface area contributed by atoms with E-state index < -0.39 is 0 Å². The molecule has 0 aromatic heterocycles. The lowest BCUT2D eigenvalue weighted by Gasteiger charge is -2.07. The van der Waals surface area contributed by atoms with Gasteiger partial charge in [-0.25, -0.2) is 0 Å². The Morgan fingerprint density at radius 3 is 2.42 bits per heavy atom. The normalized spacial score (nSPS) is 10.5. The summed E-state index contributed by atoms with van der Waals surface area (Å²) in [6, 6.07) is 14.4. The summed E-state index contributed by atoms with van der Waals surface area (Å²) in [7, 11) is 0. The van der Waals surface area contributed by atoms with Gasteiger partial charge in [0.1, 0.15) is 0 Å². The van der Waals surface area contributed by atoms with E-state index in [-0.39, 0.29) is 5.78 Å². The molecular weight excluding hydrogens is 232 g/mol. The van der Waals surface area contributed by atoms with Gasteiger partial charge in [-0.1, -0.05) is 47.5 Å². The molecule has 0 radical (unpaired) electrons. The second-order valence-corrected chi connectivity index (χ2v) is 5.23. The maximum Gasteiger partial charge on any atom is 0.163 e. The minimum absolute atomic E-state index is 0.239. The van der Waals surface area contributed by atoms with Gasteiger partial charge in [0.15, 0.2) is 5.78 Å². The van der Waals surface area contributed by atoms with Gasteiger partial charge in [0, 0.05) is 12.0 Å². The van der Waals surface area contributed by atoms with Crippen LogP contribution in [0.25, 0.3) is 0 Å².